The third-order valence-corrected chi connectivity index (χ3v) is 3.99. The molecule has 2 rings (SSSR count). The molecule has 1 saturated heterocycles. The number of hydrogen-bond acceptors (Lipinski definition) is 4. The van der Waals surface area contributed by atoms with Crippen molar-refractivity contribution in [1.29, 1.82) is 0 Å². The maximum absolute atomic E-state index is 4.49. The van der Waals surface area contributed by atoms with Crippen LogP contribution >= 0.6 is 23.7 Å². The van der Waals surface area contributed by atoms with Crippen molar-refractivity contribution in [3.05, 3.63) is 16.1 Å². The van der Waals surface area contributed by atoms with E-state index in [1.165, 1.54) is 9.88 Å². The van der Waals surface area contributed by atoms with E-state index in [0.29, 0.717) is 5.92 Å². The van der Waals surface area contributed by atoms with Crippen LogP contribution < -0.4 is 5.32 Å². The summed E-state index contributed by atoms with van der Waals surface area (Å²) in [5, 5.41) is 4.63. The summed E-state index contributed by atoms with van der Waals surface area (Å²) in [7, 11) is 0. The molecule has 0 aliphatic carbocycles. The Kier molecular flexibility index (Phi) is 5.69. The molecule has 0 radical (unpaired) electrons. The third kappa shape index (κ3) is 3.70. The van der Waals surface area contributed by atoms with Crippen LogP contribution in [0.4, 0.5) is 0 Å². The molecule has 1 aromatic heterocycles. The predicted molar refractivity (Wildman–Crippen MR) is 71.6 cm³/mol. The molecule has 1 fully saturated rings. The van der Waals surface area contributed by atoms with Crippen LogP contribution in [-0.2, 0) is 6.54 Å². The SMILES string of the molecule is CC(C)c1cnc(CN2CCNCC2)s1.Cl. The van der Waals surface area contributed by atoms with Gasteiger partial charge in [0.2, 0.25) is 0 Å². The first kappa shape index (κ1) is 13.9. The average molecular weight is 262 g/mol. The lowest BCUT2D eigenvalue weighted by molar-refractivity contribution is 0.233. The molecule has 1 aromatic rings. The van der Waals surface area contributed by atoms with Gasteiger partial charge in [-0.1, -0.05) is 13.8 Å². The molecule has 5 heteroatoms. The van der Waals surface area contributed by atoms with Gasteiger partial charge in [-0.15, -0.1) is 23.7 Å². The van der Waals surface area contributed by atoms with Crippen LogP contribution in [0.3, 0.4) is 0 Å². The summed E-state index contributed by atoms with van der Waals surface area (Å²) in [6.07, 6.45) is 2.03. The smallest absolute Gasteiger partial charge is 0.107 e. The molecule has 0 spiro atoms. The van der Waals surface area contributed by atoms with E-state index in [4.69, 9.17) is 0 Å². The van der Waals surface area contributed by atoms with Crippen molar-refractivity contribution in [2.75, 3.05) is 26.2 Å². The second-order valence-corrected chi connectivity index (χ2v) is 5.48. The first-order valence-corrected chi connectivity index (χ1v) is 6.45. The van der Waals surface area contributed by atoms with Gasteiger partial charge < -0.3 is 5.32 Å². The fourth-order valence-electron chi connectivity index (χ4n) is 1.72. The fraction of sp³-hybridized carbons (Fsp3) is 0.727. The Morgan fingerprint density at radius 3 is 2.69 bits per heavy atom. The van der Waals surface area contributed by atoms with Crippen LogP contribution in [0.25, 0.3) is 0 Å². The summed E-state index contributed by atoms with van der Waals surface area (Å²) in [6.45, 7) is 10.0. The zero-order valence-corrected chi connectivity index (χ0v) is 11.5. The number of nitrogens with zero attached hydrogens (tertiary/aromatic N) is 2. The summed E-state index contributed by atoms with van der Waals surface area (Å²) < 4.78 is 0. The minimum Gasteiger partial charge on any atom is -0.314 e. The Balaban J connectivity index is 0.00000128. The van der Waals surface area contributed by atoms with Crippen LogP contribution in [0.2, 0.25) is 0 Å². The quantitative estimate of drug-likeness (QED) is 0.903. The van der Waals surface area contributed by atoms with Gasteiger partial charge in [-0.05, 0) is 5.92 Å². The lowest BCUT2D eigenvalue weighted by Crippen LogP contribution is -2.42. The second-order valence-electron chi connectivity index (χ2n) is 4.34. The van der Waals surface area contributed by atoms with Gasteiger partial charge in [0.05, 0.1) is 6.54 Å². The molecule has 0 aromatic carbocycles. The summed E-state index contributed by atoms with van der Waals surface area (Å²) in [4.78, 5) is 8.36. The van der Waals surface area contributed by atoms with Crippen molar-refractivity contribution in [3.8, 4) is 0 Å². The highest BCUT2D eigenvalue weighted by Gasteiger charge is 2.12. The number of nitrogens with one attached hydrogen (secondary N) is 1. The molecule has 16 heavy (non-hydrogen) atoms. The van der Waals surface area contributed by atoms with Crippen LogP contribution in [-0.4, -0.2) is 36.1 Å². The van der Waals surface area contributed by atoms with E-state index in [0.717, 1.165) is 32.7 Å². The average Bonchev–Trinajstić information content (AvgIpc) is 2.68. The van der Waals surface area contributed by atoms with Crippen molar-refractivity contribution in [1.82, 2.24) is 15.2 Å². The van der Waals surface area contributed by atoms with Crippen molar-refractivity contribution >= 4 is 23.7 Å². The maximum Gasteiger partial charge on any atom is 0.107 e. The van der Waals surface area contributed by atoms with Gasteiger partial charge in [0.25, 0.3) is 0 Å². The van der Waals surface area contributed by atoms with Crippen molar-refractivity contribution < 1.29 is 0 Å². The van der Waals surface area contributed by atoms with E-state index in [1.54, 1.807) is 0 Å². The van der Waals surface area contributed by atoms with E-state index in [9.17, 15) is 0 Å². The Morgan fingerprint density at radius 1 is 1.44 bits per heavy atom. The fourth-order valence-corrected chi connectivity index (χ4v) is 2.69. The van der Waals surface area contributed by atoms with Gasteiger partial charge in [-0.3, -0.25) is 4.90 Å². The highest BCUT2D eigenvalue weighted by Crippen LogP contribution is 2.22. The zero-order valence-electron chi connectivity index (χ0n) is 9.90. The Morgan fingerprint density at radius 2 is 2.12 bits per heavy atom. The molecule has 0 amide bonds. The molecule has 0 unspecified atom stereocenters. The highest BCUT2D eigenvalue weighted by molar-refractivity contribution is 7.11. The van der Waals surface area contributed by atoms with Gasteiger partial charge in [-0.2, -0.15) is 0 Å². The zero-order chi connectivity index (χ0) is 10.7. The molecule has 3 nitrogen and oxygen atoms in total. The molecular formula is C11H20ClN3S. The van der Waals surface area contributed by atoms with Crippen molar-refractivity contribution in [3.63, 3.8) is 0 Å². The molecule has 2 heterocycles. The number of piperazine rings is 1. The standard InChI is InChI=1S/C11H19N3S.ClH/c1-9(2)10-7-13-11(15-10)8-14-5-3-12-4-6-14;/h7,9,12H,3-6,8H2,1-2H3;1H. The molecular weight excluding hydrogens is 242 g/mol. The first-order valence-electron chi connectivity index (χ1n) is 5.63. The Labute approximate surface area is 108 Å². The molecule has 0 atom stereocenters. The number of hydrogen-bond donors (Lipinski definition) is 1. The first-order chi connectivity index (χ1) is 7.25. The lowest BCUT2D eigenvalue weighted by atomic mass is 10.2. The number of halogens is 1. The second kappa shape index (κ2) is 6.55. The number of rotatable bonds is 3. The van der Waals surface area contributed by atoms with Gasteiger partial charge in [0, 0.05) is 37.3 Å². The summed E-state index contributed by atoms with van der Waals surface area (Å²) in [5.41, 5.74) is 0. The number of thiazole rings is 1. The molecule has 0 saturated carbocycles. The van der Waals surface area contributed by atoms with Crippen molar-refractivity contribution in [2.45, 2.75) is 26.3 Å². The van der Waals surface area contributed by atoms with Crippen LogP contribution in [0.15, 0.2) is 6.20 Å². The van der Waals surface area contributed by atoms with Crippen LogP contribution in [0.1, 0.15) is 29.7 Å². The normalized spacial score (nSPS) is 17.4. The molecule has 0 bridgehead atoms. The lowest BCUT2D eigenvalue weighted by Gasteiger charge is -2.26. The van der Waals surface area contributed by atoms with Gasteiger partial charge in [0.15, 0.2) is 0 Å². The maximum atomic E-state index is 4.49. The van der Waals surface area contributed by atoms with E-state index in [1.807, 2.05) is 17.5 Å². The van der Waals surface area contributed by atoms with E-state index < -0.39 is 0 Å². The largest absolute Gasteiger partial charge is 0.314 e. The van der Waals surface area contributed by atoms with Crippen LogP contribution in [0.5, 0.6) is 0 Å². The molecule has 92 valence electrons. The van der Waals surface area contributed by atoms with Crippen molar-refractivity contribution in [2.24, 2.45) is 0 Å². The summed E-state index contributed by atoms with van der Waals surface area (Å²) >= 11 is 1.86. The van der Waals surface area contributed by atoms with Gasteiger partial charge >= 0.3 is 0 Å². The minimum absolute atomic E-state index is 0. The van der Waals surface area contributed by atoms with Gasteiger partial charge in [0.1, 0.15) is 5.01 Å². The molecule has 1 aliphatic heterocycles. The van der Waals surface area contributed by atoms with Crippen LogP contribution in [0, 0.1) is 0 Å². The summed E-state index contributed by atoms with van der Waals surface area (Å²) in [5.74, 6) is 0.610. The van der Waals surface area contributed by atoms with E-state index >= 15 is 0 Å². The Bertz CT molecular complexity index is 308. The van der Waals surface area contributed by atoms with Gasteiger partial charge in [-0.25, -0.2) is 4.98 Å². The molecule has 1 N–H and O–H groups in total. The third-order valence-electron chi connectivity index (χ3n) is 2.71. The number of aromatic nitrogens is 1. The monoisotopic (exact) mass is 261 g/mol. The molecule has 1 aliphatic rings. The predicted octanol–water partition coefficient (Wildman–Crippen LogP) is 2.09. The topological polar surface area (TPSA) is 28.2 Å². The minimum atomic E-state index is 0. The summed E-state index contributed by atoms with van der Waals surface area (Å²) in [6, 6.07) is 0. The van der Waals surface area contributed by atoms with E-state index in [2.05, 4.69) is 29.0 Å². The van der Waals surface area contributed by atoms with E-state index in [-0.39, 0.29) is 12.4 Å². The highest BCUT2D eigenvalue weighted by atomic mass is 35.5. The Hall–Kier alpha value is -0.160.